The van der Waals surface area contributed by atoms with Crippen molar-refractivity contribution in [1.82, 2.24) is 19.9 Å². The molecule has 5 aromatic rings. The summed E-state index contributed by atoms with van der Waals surface area (Å²) in [6, 6.07) is 20.0. The van der Waals surface area contributed by atoms with Crippen molar-refractivity contribution in [3.05, 3.63) is 92.6 Å². The lowest BCUT2D eigenvalue weighted by Crippen LogP contribution is -2.40. The van der Waals surface area contributed by atoms with E-state index < -0.39 is 0 Å². The maximum Gasteiger partial charge on any atom is 0.254 e. The van der Waals surface area contributed by atoms with E-state index in [4.69, 9.17) is 14.2 Å². The molecule has 0 atom stereocenters. The van der Waals surface area contributed by atoms with Crippen molar-refractivity contribution in [2.45, 2.75) is 32.1 Å². The fourth-order valence-corrected chi connectivity index (χ4v) is 7.82. The highest BCUT2D eigenvalue weighted by Crippen LogP contribution is 2.39. The fourth-order valence-electron chi connectivity index (χ4n) is 6.14. The van der Waals surface area contributed by atoms with E-state index >= 15 is 0 Å². The number of aromatic nitrogens is 2. The molecule has 2 aliphatic rings. The van der Waals surface area contributed by atoms with Crippen LogP contribution in [0.15, 0.2) is 75.9 Å². The number of thiazole rings is 1. The zero-order valence-corrected chi connectivity index (χ0v) is 26.7. The van der Waals surface area contributed by atoms with Gasteiger partial charge in [-0.2, -0.15) is 0 Å². The lowest BCUT2D eigenvalue weighted by atomic mass is 9.96. The van der Waals surface area contributed by atoms with Crippen molar-refractivity contribution in [2.24, 2.45) is 0 Å². The molecule has 0 spiro atoms. The highest BCUT2D eigenvalue weighted by molar-refractivity contribution is 7.10. The van der Waals surface area contributed by atoms with Crippen LogP contribution in [0.2, 0.25) is 0 Å². The van der Waals surface area contributed by atoms with Crippen LogP contribution in [0, 0.1) is 6.92 Å². The van der Waals surface area contributed by atoms with Crippen molar-refractivity contribution in [2.75, 3.05) is 39.4 Å². The summed E-state index contributed by atoms with van der Waals surface area (Å²) < 4.78 is 11.1. The average Bonchev–Trinajstić information content (AvgIpc) is 3.87. The van der Waals surface area contributed by atoms with E-state index in [1.165, 1.54) is 0 Å². The van der Waals surface area contributed by atoms with Crippen LogP contribution in [0.25, 0.3) is 33.6 Å². The Hall–Kier alpha value is -4.12. The maximum absolute atomic E-state index is 13.1. The molecule has 0 N–H and O–H groups in total. The van der Waals surface area contributed by atoms with Gasteiger partial charge in [0.2, 0.25) is 5.91 Å². The van der Waals surface area contributed by atoms with Crippen LogP contribution in [0.3, 0.4) is 0 Å². The molecule has 2 aromatic carbocycles. The number of ether oxygens (including phenoxy) is 1. The molecule has 5 heterocycles. The summed E-state index contributed by atoms with van der Waals surface area (Å²) in [6.07, 6.45) is 2.31. The van der Waals surface area contributed by atoms with Gasteiger partial charge < -0.3 is 19.1 Å². The Morgan fingerprint density at radius 1 is 0.889 bits per heavy atom. The largest absolute Gasteiger partial charge is 0.378 e. The third-order valence-corrected chi connectivity index (χ3v) is 10.5. The monoisotopic (exact) mass is 638 g/mol. The standard InChI is InChI=1S/C35H34N4O4S2/c1-23-32(30-22-45-34(36-30)24-10-12-38(13-11-24)31(40)21-29-9-4-18-44-29)33(37-43-23)27-7-2-5-25(19-27)26-6-3-8-28(20-26)35(41)39-14-16-42-17-15-39/h2-9,18-20,22,24H,10-17,21H2,1H3. The quantitative estimate of drug-likeness (QED) is 0.192. The summed E-state index contributed by atoms with van der Waals surface area (Å²) in [5, 5.41) is 9.67. The molecular weight excluding hydrogens is 605 g/mol. The minimum atomic E-state index is 0.0284. The lowest BCUT2D eigenvalue weighted by Gasteiger charge is -2.31. The van der Waals surface area contributed by atoms with Crippen LogP contribution in [0.5, 0.6) is 0 Å². The van der Waals surface area contributed by atoms with Gasteiger partial charge in [0, 0.05) is 53.5 Å². The Labute approximate surface area is 270 Å². The highest BCUT2D eigenvalue weighted by atomic mass is 32.1. The number of amides is 2. The van der Waals surface area contributed by atoms with Gasteiger partial charge in [0.15, 0.2) is 0 Å². The number of carbonyl (C=O) groups is 2. The van der Waals surface area contributed by atoms with Crippen molar-refractivity contribution in [3.63, 3.8) is 0 Å². The number of likely N-dealkylation sites (tertiary alicyclic amines) is 1. The lowest BCUT2D eigenvalue weighted by molar-refractivity contribution is -0.131. The summed E-state index contributed by atoms with van der Waals surface area (Å²) in [7, 11) is 0. The molecule has 0 saturated carbocycles. The van der Waals surface area contributed by atoms with E-state index in [0.717, 1.165) is 75.2 Å². The van der Waals surface area contributed by atoms with Crippen molar-refractivity contribution < 1.29 is 18.8 Å². The van der Waals surface area contributed by atoms with Gasteiger partial charge in [0.1, 0.15) is 11.5 Å². The van der Waals surface area contributed by atoms with Gasteiger partial charge in [-0.1, -0.05) is 41.6 Å². The number of piperidine rings is 1. The van der Waals surface area contributed by atoms with Gasteiger partial charge in [-0.15, -0.1) is 22.7 Å². The van der Waals surface area contributed by atoms with Crippen LogP contribution in [0.1, 0.15) is 44.8 Å². The van der Waals surface area contributed by atoms with E-state index in [1.54, 1.807) is 22.7 Å². The van der Waals surface area contributed by atoms with Gasteiger partial charge >= 0.3 is 0 Å². The first kappa shape index (κ1) is 29.6. The zero-order chi connectivity index (χ0) is 30.8. The Bertz CT molecular complexity index is 1800. The molecule has 230 valence electrons. The van der Waals surface area contributed by atoms with E-state index in [-0.39, 0.29) is 11.8 Å². The Morgan fingerprint density at radius 3 is 2.42 bits per heavy atom. The minimum Gasteiger partial charge on any atom is -0.378 e. The number of aryl methyl sites for hydroxylation is 1. The van der Waals surface area contributed by atoms with Crippen LogP contribution < -0.4 is 0 Å². The average molecular weight is 639 g/mol. The van der Waals surface area contributed by atoms with Gasteiger partial charge in [0.05, 0.1) is 35.9 Å². The van der Waals surface area contributed by atoms with Crippen molar-refractivity contribution >= 4 is 34.5 Å². The highest BCUT2D eigenvalue weighted by Gasteiger charge is 2.27. The molecule has 8 nitrogen and oxygen atoms in total. The second-order valence-electron chi connectivity index (χ2n) is 11.5. The van der Waals surface area contributed by atoms with Crippen LogP contribution >= 0.6 is 22.7 Å². The third kappa shape index (κ3) is 6.36. The molecule has 0 radical (unpaired) electrons. The first-order chi connectivity index (χ1) is 22.0. The molecule has 2 fully saturated rings. The number of morpholine rings is 1. The second-order valence-corrected chi connectivity index (χ2v) is 13.4. The molecule has 3 aromatic heterocycles. The number of hydrogen-bond acceptors (Lipinski definition) is 8. The summed E-state index contributed by atoms with van der Waals surface area (Å²) >= 11 is 3.30. The number of benzene rings is 2. The zero-order valence-electron chi connectivity index (χ0n) is 25.1. The summed E-state index contributed by atoms with van der Waals surface area (Å²) in [5.41, 5.74) is 6.07. The van der Waals surface area contributed by atoms with E-state index in [0.29, 0.717) is 44.2 Å². The molecule has 0 aliphatic carbocycles. The van der Waals surface area contributed by atoms with Crippen molar-refractivity contribution in [1.29, 1.82) is 0 Å². The SMILES string of the molecule is Cc1onc(-c2cccc(-c3cccc(C(=O)N4CCOCC4)c3)c2)c1-c1csc(C2CCN(C(=O)Cc3cccs3)CC2)n1. The third-order valence-electron chi connectivity index (χ3n) is 8.62. The summed E-state index contributed by atoms with van der Waals surface area (Å²) in [6.45, 7) is 5.81. The number of thiophene rings is 1. The molecule has 2 saturated heterocycles. The second kappa shape index (κ2) is 13.1. The van der Waals surface area contributed by atoms with E-state index in [9.17, 15) is 9.59 Å². The van der Waals surface area contributed by atoms with Gasteiger partial charge in [-0.3, -0.25) is 9.59 Å². The minimum absolute atomic E-state index is 0.0284. The Kier molecular flexibility index (Phi) is 8.60. The van der Waals surface area contributed by atoms with Crippen molar-refractivity contribution in [3.8, 4) is 33.6 Å². The van der Waals surface area contributed by atoms with Gasteiger partial charge in [-0.05, 0) is 60.5 Å². The summed E-state index contributed by atoms with van der Waals surface area (Å²) in [5.74, 6) is 1.28. The van der Waals surface area contributed by atoms with E-state index in [1.807, 2.05) is 76.7 Å². The summed E-state index contributed by atoms with van der Waals surface area (Å²) in [4.78, 5) is 35.9. The number of carbonyl (C=O) groups excluding carboxylic acids is 2. The molecular formula is C35H34N4O4S2. The van der Waals surface area contributed by atoms with Gasteiger partial charge in [0.25, 0.3) is 5.91 Å². The molecule has 0 bridgehead atoms. The predicted octanol–water partition coefficient (Wildman–Crippen LogP) is 6.92. The predicted molar refractivity (Wildman–Crippen MR) is 177 cm³/mol. The number of nitrogens with zero attached hydrogens (tertiary/aromatic N) is 4. The van der Waals surface area contributed by atoms with Crippen LogP contribution in [-0.4, -0.2) is 71.1 Å². The molecule has 0 unspecified atom stereocenters. The van der Waals surface area contributed by atoms with Gasteiger partial charge in [-0.25, -0.2) is 4.98 Å². The normalized spacial score (nSPS) is 15.8. The molecule has 45 heavy (non-hydrogen) atoms. The first-order valence-corrected chi connectivity index (χ1v) is 17.1. The molecule has 10 heteroatoms. The molecule has 7 rings (SSSR count). The smallest absolute Gasteiger partial charge is 0.254 e. The molecule has 2 amide bonds. The number of rotatable bonds is 7. The topological polar surface area (TPSA) is 88.8 Å². The molecule has 2 aliphatic heterocycles. The first-order valence-electron chi connectivity index (χ1n) is 15.3. The number of hydrogen-bond donors (Lipinski definition) is 0. The Morgan fingerprint density at radius 2 is 1.64 bits per heavy atom. The van der Waals surface area contributed by atoms with Crippen LogP contribution in [0.4, 0.5) is 0 Å². The van der Waals surface area contributed by atoms with E-state index in [2.05, 4.69) is 16.6 Å². The Balaban J connectivity index is 1.07. The maximum atomic E-state index is 13.1. The fraction of sp³-hybridized carbons (Fsp3) is 0.314. The van der Waals surface area contributed by atoms with Crippen LogP contribution in [-0.2, 0) is 16.0 Å².